The number of esters is 1. The van der Waals surface area contributed by atoms with E-state index in [2.05, 4.69) is 27.9 Å². The summed E-state index contributed by atoms with van der Waals surface area (Å²) in [5, 5.41) is 2.94. The minimum absolute atomic E-state index is 0.176. The van der Waals surface area contributed by atoms with Gasteiger partial charge in [0.05, 0.1) is 11.1 Å². The second-order valence-corrected chi connectivity index (χ2v) is 10.3. The molecular formula is C28H29IN2O4. The van der Waals surface area contributed by atoms with Crippen LogP contribution in [0.25, 0.3) is 0 Å². The Morgan fingerprint density at radius 3 is 2.06 bits per heavy atom. The van der Waals surface area contributed by atoms with Crippen LogP contribution in [-0.4, -0.2) is 40.9 Å². The zero-order chi connectivity index (χ0) is 25.4. The van der Waals surface area contributed by atoms with Gasteiger partial charge in [-0.15, -0.1) is 0 Å². The van der Waals surface area contributed by atoms with Crippen LogP contribution in [0.2, 0.25) is 0 Å². The molecule has 3 aromatic carbocycles. The van der Waals surface area contributed by atoms with Crippen molar-refractivity contribution in [3.63, 3.8) is 0 Å². The van der Waals surface area contributed by atoms with E-state index >= 15 is 0 Å². The van der Waals surface area contributed by atoms with Gasteiger partial charge in [-0.05, 0) is 73.2 Å². The molecule has 0 aliphatic carbocycles. The van der Waals surface area contributed by atoms with Crippen molar-refractivity contribution in [1.29, 1.82) is 0 Å². The van der Waals surface area contributed by atoms with Crippen LogP contribution in [-0.2, 0) is 16.1 Å². The molecule has 6 nitrogen and oxygen atoms in total. The van der Waals surface area contributed by atoms with Crippen LogP contribution >= 0.6 is 22.6 Å². The van der Waals surface area contributed by atoms with E-state index in [1.165, 1.54) is 4.90 Å². The van der Waals surface area contributed by atoms with Crippen molar-refractivity contribution in [2.24, 2.45) is 0 Å². The van der Waals surface area contributed by atoms with Gasteiger partial charge < -0.3 is 15.0 Å². The maximum atomic E-state index is 13.8. The van der Waals surface area contributed by atoms with Gasteiger partial charge in [0.15, 0.2) is 0 Å². The maximum Gasteiger partial charge on any atom is 0.338 e. The highest BCUT2D eigenvalue weighted by Crippen LogP contribution is 2.20. The molecule has 0 heterocycles. The van der Waals surface area contributed by atoms with E-state index in [9.17, 15) is 14.4 Å². The fourth-order valence-corrected chi connectivity index (χ4v) is 4.08. The van der Waals surface area contributed by atoms with E-state index in [0.717, 1.165) is 9.13 Å². The molecule has 35 heavy (non-hydrogen) atoms. The lowest BCUT2D eigenvalue weighted by Crippen LogP contribution is -2.55. The van der Waals surface area contributed by atoms with E-state index in [0.29, 0.717) is 11.1 Å². The predicted octanol–water partition coefficient (Wildman–Crippen LogP) is 5.07. The van der Waals surface area contributed by atoms with Crippen molar-refractivity contribution in [3.05, 3.63) is 105 Å². The average Bonchev–Trinajstić information content (AvgIpc) is 2.83. The lowest BCUT2D eigenvalue weighted by Gasteiger charge is -2.33. The first kappa shape index (κ1) is 26.4. The summed E-state index contributed by atoms with van der Waals surface area (Å²) >= 11 is 2.11. The highest BCUT2D eigenvalue weighted by Gasteiger charge is 2.34. The number of carbonyl (C=O) groups excluding carboxylic acids is 3. The number of benzene rings is 3. The molecule has 3 aromatic rings. The summed E-state index contributed by atoms with van der Waals surface area (Å²) in [4.78, 5) is 41.4. The molecule has 3 rings (SSSR count). The van der Waals surface area contributed by atoms with Crippen LogP contribution in [0.15, 0.2) is 84.9 Å². The fourth-order valence-electron chi connectivity index (χ4n) is 3.47. The van der Waals surface area contributed by atoms with Gasteiger partial charge in [0.25, 0.3) is 5.91 Å². The van der Waals surface area contributed by atoms with Gasteiger partial charge in [0.2, 0.25) is 5.91 Å². The molecule has 1 N–H and O–H groups in total. The standard InChI is InChI=1S/C28H29IN2O4/c1-28(2,3)30-25(32)24(19-35-27(34)21-14-8-5-9-15-21)31(18-20-12-6-4-7-13-20)26(33)22-16-10-11-17-23(22)29/h4-17,24H,18-19H2,1-3H3,(H,30,32). The summed E-state index contributed by atoms with van der Waals surface area (Å²) in [7, 11) is 0. The molecule has 0 fully saturated rings. The van der Waals surface area contributed by atoms with Crippen LogP contribution in [0, 0.1) is 3.57 Å². The van der Waals surface area contributed by atoms with E-state index in [1.54, 1.807) is 42.5 Å². The Morgan fingerprint density at radius 1 is 0.886 bits per heavy atom. The molecule has 0 radical (unpaired) electrons. The summed E-state index contributed by atoms with van der Waals surface area (Å²) in [5.74, 6) is -1.27. The summed E-state index contributed by atoms with van der Waals surface area (Å²) in [6.07, 6.45) is 0. The Labute approximate surface area is 219 Å². The Morgan fingerprint density at radius 2 is 1.46 bits per heavy atom. The van der Waals surface area contributed by atoms with E-state index in [4.69, 9.17) is 4.74 Å². The quantitative estimate of drug-likeness (QED) is 0.296. The van der Waals surface area contributed by atoms with Gasteiger partial charge in [0, 0.05) is 15.7 Å². The molecule has 182 valence electrons. The number of hydrogen-bond donors (Lipinski definition) is 1. The predicted molar refractivity (Wildman–Crippen MR) is 144 cm³/mol. The number of nitrogens with zero attached hydrogens (tertiary/aromatic N) is 1. The van der Waals surface area contributed by atoms with Crippen LogP contribution in [0.1, 0.15) is 47.1 Å². The number of nitrogens with one attached hydrogen (secondary N) is 1. The van der Waals surface area contributed by atoms with Gasteiger partial charge in [-0.25, -0.2) is 4.79 Å². The molecular weight excluding hydrogens is 555 g/mol. The van der Waals surface area contributed by atoms with Crippen LogP contribution in [0.5, 0.6) is 0 Å². The first-order valence-electron chi connectivity index (χ1n) is 11.3. The van der Waals surface area contributed by atoms with Crippen LogP contribution in [0.4, 0.5) is 0 Å². The van der Waals surface area contributed by atoms with Gasteiger partial charge in [-0.2, -0.15) is 0 Å². The number of amides is 2. The van der Waals surface area contributed by atoms with Crippen LogP contribution < -0.4 is 5.32 Å². The molecule has 0 aliphatic heterocycles. The van der Waals surface area contributed by atoms with Gasteiger partial charge in [0.1, 0.15) is 12.6 Å². The third-order valence-corrected chi connectivity index (χ3v) is 6.06. The zero-order valence-corrected chi connectivity index (χ0v) is 22.2. The van der Waals surface area contributed by atoms with Crippen molar-refractivity contribution in [2.75, 3.05) is 6.61 Å². The maximum absolute atomic E-state index is 13.8. The second-order valence-electron chi connectivity index (χ2n) is 9.12. The lowest BCUT2D eigenvalue weighted by molar-refractivity contribution is -0.128. The minimum atomic E-state index is -1.04. The lowest BCUT2D eigenvalue weighted by atomic mass is 10.1. The van der Waals surface area contributed by atoms with Crippen molar-refractivity contribution in [3.8, 4) is 0 Å². The van der Waals surface area contributed by atoms with Crippen LogP contribution in [0.3, 0.4) is 0 Å². The molecule has 7 heteroatoms. The summed E-state index contributed by atoms with van der Waals surface area (Å²) in [6.45, 7) is 5.48. The molecule has 0 bridgehead atoms. The third-order valence-electron chi connectivity index (χ3n) is 5.12. The number of rotatable bonds is 8. The van der Waals surface area contributed by atoms with Crippen molar-refractivity contribution in [1.82, 2.24) is 10.2 Å². The highest BCUT2D eigenvalue weighted by molar-refractivity contribution is 14.1. The second kappa shape index (κ2) is 12.0. The Kier molecular flexibility index (Phi) is 9.03. The van der Waals surface area contributed by atoms with Gasteiger partial charge >= 0.3 is 5.97 Å². The molecule has 1 unspecified atom stereocenters. The topological polar surface area (TPSA) is 75.7 Å². The molecule has 0 aliphatic rings. The number of hydrogen-bond acceptors (Lipinski definition) is 4. The molecule has 0 aromatic heterocycles. The summed E-state index contributed by atoms with van der Waals surface area (Å²) in [5.41, 5.74) is 1.17. The SMILES string of the molecule is CC(C)(C)NC(=O)C(COC(=O)c1ccccc1)N(Cc1ccccc1)C(=O)c1ccccc1I. The van der Waals surface area contributed by atoms with E-state index < -0.39 is 23.5 Å². The Balaban J connectivity index is 1.98. The molecule has 1 atom stereocenters. The Bertz CT molecular complexity index is 1160. The van der Waals surface area contributed by atoms with Gasteiger partial charge in [-0.3, -0.25) is 9.59 Å². The molecule has 0 saturated heterocycles. The zero-order valence-electron chi connectivity index (χ0n) is 20.0. The number of ether oxygens (including phenoxy) is 1. The van der Waals surface area contributed by atoms with Crippen molar-refractivity contribution < 1.29 is 19.1 Å². The third kappa shape index (κ3) is 7.65. The van der Waals surface area contributed by atoms with Crippen molar-refractivity contribution in [2.45, 2.75) is 38.9 Å². The number of carbonyl (C=O) groups is 3. The van der Waals surface area contributed by atoms with Gasteiger partial charge in [-0.1, -0.05) is 60.7 Å². The Hall–Kier alpha value is -3.20. The smallest absolute Gasteiger partial charge is 0.338 e. The van der Waals surface area contributed by atoms with E-state index in [1.807, 2.05) is 63.2 Å². The minimum Gasteiger partial charge on any atom is -0.459 e. The fraction of sp³-hybridized carbons (Fsp3) is 0.250. The highest BCUT2D eigenvalue weighted by atomic mass is 127. The molecule has 2 amide bonds. The summed E-state index contributed by atoms with van der Waals surface area (Å²) < 4.78 is 6.33. The largest absolute Gasteiger partial charge is 0.459 e. The molecule has 0 saturated carbocycles. The first-order chi connectivity index (χ1) is 16.7. The average molecular weight is 584 g/mol. The molecule has 0 spiro atoms. The summed E-state index contributed by atoms with van der Waals surface area (Å²) in [6, 6.07) is 24.2. The van der Waals surface area contributed by atoms with E-state index in [-0.39, 0.29) is 19.1 Å². The normalized spacial score (nSPS) is 11.9. The number of halogens is 1. The first-order valence-corrected chi connectivity index (χ1v) is 12.4. The monoisotopic (exact) mass is 584 g/mol. The van der Waals surface area contributed by atoms with Crippen molar-refractivity contribution >= 4 is 40.4 Å².